The smallest absolute Gasteiger partial charge is 0.348 e. The van der Waals surface area contributed by atoms with E-state index in [1.54, 1.807) is 6.07 Å². The minimum Gasteiger partial charge on any atom is -0.455 e. The van der Waals surface area contributed by atoms with Crippen molar-refractivity contribution >= 4 is 33.2 Å². The molecule has 0 saturated carbocycles. The highest BCUT2D eigenvalue weighted by Gasteiger charge is 2.15. The molecule has 0 unspecified atom stereocenters. The van der Waals surface area contributed by atoms with E-state index in [0.717, 1.165) is 14.9 Å². The summed E-state index contributed by atoms with van der Waals surface area (Å²) >= 11 is 4.72. The summed E-state index contributed by atoms with van der Waals surface area (Å²) in [6.45, 7) is -0.300. The molecule has 0 spiro atoms. The lowest BCUT2D eigenvalue weighted by atomic mass is 10.1. The van der Waals surface area contributed by atoms with E-state index in [1.807, 2.05) is 30.3 Å². The van der Waals surface area contributed by atoms with Gasteiger partial charge in [0, 0.05) is 10.5 Å². The van der Waals surface area contributed by atoms with Gasteiger partial charge in [0.1, 0.15) is 4.88 Å². The number of hydrogen-bond donors (Lipinski definition) is 0. The number of hydrogen-bond acceptors (Lipinski definition) is 4. The van der Waals surface area contributed by atoms with Crippen molar-refractivity contribution in [2.75, 3.05) is 6.73 Å². The van der Waals surface area contributed by atoms with Gasteiger partial charge in [-0.1, -0.05) is 35.4 Å². The number of azide groups is 1. The lowest BCUT2D eigenvalue weighted by Gasteiger charge is -1.97. The fraction of sp³-hybridized carbons (Fsp3) is 0.0833. The molecule has 1 aromatic carbocycles. The first-order chi connectivity index (χ1) is 9.22. The molecule has 2 rings (SSSR count). The molecule has 0 atom stereocenters. The first-order valence-electron chi connectivity index (χ1n) is 5.25. The molecule has 19 heavy (non-hydrogen) atoms. The lowest BCUT2D eigenvalue weighted by molar-refractivity contribution is 0.0521. The van der Waals surface area contributed by atoms with Gasteiger partial charge < -0.3 is 4.74 Å². The van der Waals surface area contributed by atoms with Gasteiger partial charge in [0.25, 0.3) is 0 Å². The van der Waals surface area contributed by atoms with E-state index >= 15 is 0 Å². The van der Waals surface area contributed by atoms with Crippen LogP contribution in [0, 0.1) is 0 Å². The lowest BCUT2D eigenvalue weighted by Crippen LogP contribution is -2.02. The van der Waals surface area contributed by atoms with Crippen molar-refractivity contribution in [3.63, 3.8) is 0 Å². The highest BCUT2D eigenvalue weighted by Crippen LogP contribution is 2.36. The highest BCUT2D eigenvalue weighted by atomic mass is 79.9. The zero-order valence-corrected chi connectivity index (χ0v) is 12.0. The molecule has 0 N–H and O–H groups in total. The summed E-state index contributed by atoms with van der Waals surface area (Å²) in [5.41, 5.74) is 10.1. The van der Waals surface area contributed by atoms with Gasteiger partial charge in [-0.25, -0.2) is 4.79 Å². The Morgan fingerprint density at radius 2 is 2.16 bits per heavy atom. The maximum atomic E-state index is 11.7. The molecule has 0 aliphatic rings. The highest BCUT2D eigenvalue weighted by molar-refractivity contribution is 9.11. The number of carbonyl (C=O) groups is 1. The van der Waals surface area contributed by atoms with Crippen LogP contribution >= 0.6 is 27.3 Å². The Labute approximate surface area is 121 Å². The molecule has 1 aromatic heterocycles. The van der Waals surface area contributed by atoms with E-state index in [9.17, 15) is 4.79 Å². The molecule has 96 valence electrons. The van der Waals surface area contributed by atoms with Crippen LogP contribution in [0.15, 0.2) is 45.3 Å². The number of benzene rings is 1. The van der Waals surface area contributed by atoms with Gasteiger partial charge in [0.05, 0.1) is 3.79 Å². The van der Waals surface area contributed by atoms with Crippen LogP contribution in [0.5, 0.6) is 0 Å². The second-order valence-electron chi connectivity index (χ2n) is 3.46. The van der Waals surface area contributed by atoms with E-state index in [2.05, 4.69) is 26.0 Å². The summed E-state index contributed by atoms with van der Waals surface area (Å²) in [4.78, 5) is 14.7. The quantitative estimate of drug-likeness (QED) is 0.353. The molecule has 5 nitrogen and oxygen atoms in total. The molecule has 0 saturated heterocycles. The second-order valence-corrected chi connectivity index (χ2v) is 5.83. The van der Waals surface area contributed by atoms with Gasteiger partial charge in [-0.3, -0.25) is 0 Å². The largest absolute Gasteiger partial charge is 0.455 e. The summed E-state index contributed by atoms with van der Waals surface area (Å²) in [6, 6.07) is 11.5. The fourth-order valence-corrected chi connectivity index (χ4v) is 3.13. The number of nitrogens with zero attached hydrogens (tertiary/aromatic N) is 3. The second kappa shape index (κ2) is 6.38. The number of esters is 1. The number of thiophene rings is 1. The average molecular weight is 338 g/mol. The Balaban J connectivity index is 2.21. The predicted octanol–water partition coefficient (Wildman–Crippen LogP) is 4.60. The van der Waals surface area contributed by atoms with E-state index in [-0.39, 0.29) is 6.73 Å². The molecule has 0 bridgehead atoms. The molecular formula is C12H8BrN3O2S. The van der Waals surface area contributed by atoms with Crippen LogP contribution in [-0.4, -0.2) is 12.7 Å². The zero-order chi connectivity index (χ0) is 13.7. The van der Waals surface area contributed by atoms with Crippen molar-refractivity contribution in [3.8, 4) is 11.1 Å². The van der Waals surface area contributed by atoms with E-state index < -0.39 is 5.97 Å². The topological polar surface area (TPSA) is 75.1 Å². The maximum absolute atomic E-state index is 11.7. The minimum atomic E-state index is -0.500. The van der Waals surface area contributed by atoms with Crippen LogP contribution in [0.2, 0.25) is 0 Å². The molecule has 1 heterocycles. The Bertz CT molecular complexity index is 636. The number of ether oxygens (including phenoxy) is 1. The van der Waals surface area contributed by atoms with E-state index in [1.165, 1.54) is 11.3 Å². The molecule has 0 aliphatic carbocycles. The summed E-state index contributed by atoms with van der Waals surface area (Å²) in [5, 5.41) is 3.16. The maximum Gasteiger partial charge on any atom is 0.348 e. The first-order valence-corrected chi connectivity index (χ1v) is 6.86. The summed E-state index contributed by atoms with van der Waals surface area (Å²) in [6.07, 6.45) is 0. The van der Waals surface area contributed by atoms with Crippen LogP contribution < -0.4 is 0 Å². The number of carbonyl (C=O) groups excluding carboxylic acids is 1. The van der Waals surface area contributed by atoms with Gasteiger partial charge in [-0.15, -0.1) is 11.3 Å². The molecule has 0 aliphatic heterocycles. The van der Waals surface area contributed by atoms with Crippen molar-refractivity contribution in [1.82, 2.24) is 0 Å². The van der Waals surface area contributed by atoms with Gasteiger partial charge >= 0.3 is 5.97 Å². The van der Waals surface area contributed by atoms with Crippen molar-refractivity contribution < 1.29 is 9.53 Å². The molecule has 0 fully saturated rings. The summed E-state index contributed by atoms with van der Waals surface area (Å²) in [7, 11) is 0. The minimum absolute atomic E-state index is 0.300. The van der Waals surface area contributed by atoms with Crippen molar-refractivity contribution in [1.29, 1.82) is 0 Å². The van der Waals surface area contributed by atoms with Gasteiger partial charge in [-0.05, 0) is 33.1 Å². The molecular weight excluding hydrogens is 330 g/mol. The summed E-state index contributed by atoms with van der Waals surface area (Å²) < 4.78 is 5.66. The Morgan fingerprint density at radius 3 is 2.84 bits per heavy atom. The third-order valence-corrected chi connectivity index (χ3v) is 4.11. The van der Waals surface area contributed by atoms with Gasteiger partial charge in [0.2, 0.25) is 0 Å². The molecule has 2 aromatic rings. The van der Waals surface area contributed by atoms with Crippen LogP contribution in [-0.2, 0) is 4.74 Å². The fourth-order valence-electron chi connectivity index (χ4n) is 1.47. The van der Waals surface area contributed by atoms with Crippen LogP contribution in [0.25, 0.3) is 21.6 Å². The van der Waals surface area contributed by atoms with Gasteiger partial charge in [-0.2, -0.15) is 0 Å². The Morgan fingerprint density at radius 1 is 1.42 bits per heavy atom. The zero-order valence-electron chi connectivity index (χ0n) is 9.62. The van der Waals surface area contributed by atoms with Gasteiger partial charge in [0.15, 0.2) is 6.73 Å². The first kappa shape index (κ1) is 13.6. The summed E-state index contributed by atoms with van der Waals surface area (Å²) in [5.74, 6) is -0.500. The molecule has 0 radical (unpaired) electrons. The average Bonchev–Trinajstić information content (AvgIpc) is 2.82. The third-order valence-electron chi connectivity index (χ3n) is 2.29. The molecule has 0 amide bonds. The van der Waals surface area contributed by atoms with Crippen LogP contribution in [0.4, 0.5) is 0 Å². The van der Waals surface area contributed by atoms with Crippen LogP contribution in [0.1, 0.15) is 9.67 Å². The van der Waals surface area contributed by atoms with Crippen molar-refractivity contribution in [2.45, 2.75) is 0 Å². The van der Waals surface area contributed by atoms with E-state index in [0.29, 0.717) is 4.88 Å². The normalized spacial score (nSPS) is 9.74. The Kier molecular flexibility index (Phi) is 4.57. The van der Waals surface area contributed by atoms with E-state index in [4.69, 9.17) is 10.3 Å². The number of halogens is 1. The van der Waals surface area contributed by atoms with Crippen molar-refractivity contribution in [2.24, 2.45) is 5.11 Å². The monoisotopic (exact) mass is 337 g/mol. The third kappa shape index (κ3) is 3.35. The standard InChI is InChI=1S/C12H8BrN3O2S/c13-11-9(8-4-2-1-3-5-8)6-10(19-11)12(17)18-7-15-16-14/h1-6H,7H2. The van der Waals surface area contributed by atoms with Crippen LogP contribution in [0.3, 0.4) is 0 Å². The Hall–Kier alpha value is -1.82. The predicted molar refractivity (Wildman–Crippen MR) is 76.9 cm³/mol. The molecule has 7 heteroatoms. The number of rotatable bonds is 4. The SMILES string of the molecule is [N-]=[N+]=NCOC(=O)c1cc(-c2ccccc2)c(Br)s1. The van der Waals surface area contributed by atoms with Crippen molar-refractivity contribution in [3.05, 3.63) is 55.5 Å².